The number of hydrogen-bond acceptors (Lipinski definition) is 2. The van der Waals surface area contributed by atoms with E-state index in [1.807, 2.05) is 18.3 Å². The van der Waals surface area contributed by atoms with Gasteiger partial charge in [-0.15, -0.1) is 0 Å². The largest absolute Gasteiger partial charge is 0.309 e. The van der Waals surface area contributed by atoms with Crippen molar-refractivity contribution in [3.05, 3.63) is 158 Å². The van der Waals surface area contributed by atoms with E-state index < -0.39 is 0 Å². The average Bonchev–Trinajstić information content (AvgIpc) is 3.69. The summed E-state index contributed by atoms with van der Waals surface area (Å²) >= 11 is 0. The SMILES string of the molecule is c1ccc(-c2c(-c3ccc(-n4c5ccccc5c5c6ccccc6c6ccc7ccccc7c6c54)cc3)nc3ncccn23)cc1. The molecule has 3 aromatic heterocycles. The number of hydrogen-bond donors (Lipinski definition) is 0. The van der Waals surface area contributed by atoms with Crippen molar-refractivity contribution in [1.29, 1.82) is 0 Å². The Morgan fingerprint density at radius 3 is 2.00 bits per heavy atom. The maximum absolute atomic E-state index is 5.01. The molecule has 0 atom stereocenters. The van der Waals surface area contributed by atoms with E-state index in [0.717, 1.165) is 28.2 Å². The molecule has 0 amide bonds. The highest BCUT2D eigenvalue weighted by atomic mass is 15.1. The molecule has 0 radical (unpaired) electrons. The quantitative estimate of drug-likeness (QED) is 0.193. The van der Waals surface area contributed by atoms with Crippen molar-refractivity contribution in [2.45, 2.75) is 0 Å². The number of fused-ring (bicyclic) bond motifs is 11. The van der Waals surface area contributed by atoms with Gasteiger partial charge in [0.15, 0.2) is 0 Å². The van der Waals surface area contributed by atoms with E-state index in [9.17, 15) is 0 Å². The van der Waals surface area contributed by atoms with Crippen LogP contribution in [0.4, 0.5) is 0 Å². The van der Waals surface area contributed by atoms with Crippen LogP contribution in [0.1, 0.15) is 0 Å². The standard InChI is InChI=1S/C42H26N4/c1-2-12-29(13-3-1)40-39(44-42-43-25-10-26-45(40)42)28-19-22-30(23-20-28)46-36-18-9-8-17-35(36)38-33-16-7-6-15-32(33)34-24-21-27-11-4-5-14-31(27)37(34)41(38)46/h1-26H. The molecule has 0 spiro atoms. The van der Waals surface area contributed by atoms with E-state index >= 15 is 0 Å². The highest BCUT2D eigenvalue weighted by molar-refractivity contribution is 6.36. The molecule has 7 aromatic carbocycles. The van der Waals surface area contributed by atoms with Crippen molar-refractivity contribution in [2.24, 2.45) is 0 Å². The second-order valence-corrected chi connectivity index (χ2v) is 11.8. The molecule has 4 heteroatoms. The first-order valence-electron chi connectivity index (χ1n) is 15.6. The van der Waals surface area contributed by atoms with Crippen LogP contribution >= 0.6 is 0 Å². The molecule has 0 aliphatic heterocycles. The van der Waals surface area contributed by atoms with Crippen molar-refractivity contribution in [2.75, 3.05) is 0 Å². The number of nitrogens with zero attached hydrogens (tertiary/aromatic N) is 4. The topological polar surface area (TPSA) is 35.1 Å². The molecule has 214 valence electrons. The van der Waals surface area contributed by atoms with E-state index in [4.69, 9.17) is 4.98 Å². The predicted octanol–water partition coefficient (Wildman–Crippen LogP) is 10.6. The fourth-order valence-electron chi connectivity index (χ4n) is 7.43. The summed E-state index contributed by atoms with van der Waals surface area (Å²) in [5.74, 6) is 0.688. The summed E-state index contributed by atoms with van der Waals surface area (Å²) in [6.07, 6.45) is 3.83. The summed E-state index contributed by atoms with van der Waals surface area (Å²) in [7, 11) is 0. The van der Waals surface area contributed by atoms with Crippen molar-refractivity contribution in [3.8, 4) is 28.2 Å². The summed E-state index contributed by atoms with van der Waals surface area (Å²) in [6.45, 7) is 0. The third-order valence-electron chi connectivity index (χ3n) is 9.38. The molecule has 0 fully saturated rings. The maximum Gasteiger partial charge on any atom is 0.234 e. The van der Waals surface area contributed by atoms with Gasteiger partial charge in [-0.2, -0.15) is 0 Å². The first-order chi connectivity index (χ1) is 22.8. The summed E-state index contributed by atoms with van der Waals surface area (Å²) in [6, 6.07) is 52.2. The number of para-hydroxylation sites is 1. The fraction of sp³-hybridized carbons (Fsp3) is 0. The van der Waals surface area contributed by atoms with Crippen molar-refractivity contribution < 1.29 is 0 Å². The normalized spacial score (nSPS) is 11.9. The Morgan fingerprint density at radius 2 is 1.15 bits per heavy atom. The summed E-state index contributed by atoms with van der Waals surface area (Å²) in [5, 5.41) is 10.2. The van der Waals surface area contributed by atoms with Crippen LogP contribution in [0.5, 0.6) is 0 Å². The van der Waals surface area contributed by atoms with Gasteiger partial charge in [0.1, 0.15) is 0 Å². The molecule has 3 heterocycles. The molecular formula is C42H26N4. The van der Waals surface area contributed by atoms with Gasteiger partial charge >= 0.3 is 0 Å². The zero-order valence-corrected chi connectivity index (χ0v) is 24.8. The molecular weight excluding hydrogens is 560 g/mol. The van der Waals surface area contributed by atoms with E-state index in [2.05, 4.69) is 147 Å². The molecule has 46 heavy (non-hydrogen) atoms. The molecule has 0 unspecified atom stereocenters. The average molecular weight is 587 g/mol. The maximum atomic E-state index is 5.01. The van der Waals surface area contributed by atoms with Crippen molar-refractivity contribution in [3.63, 3.8) is 0 Å². The van der Waals surface area contributed by atoms with Crippen LogP contribution in [0.2, 0.25) is 0 Å². The summed E-state index contributed by atoms with van der Waals surface area (Å²) in [5.41, 5.74) is 7.66. The zero-order chi connectivity index (χ0) is 30.2. The molecule has 0 aliphatic rings. The molecule has 4 nitrogen and oxygen atoms in total. The Morgan fingerprint density at radius 1 is 0.478 bits per heavy atom. The number of aromatic nitrogens is 4. The molecule has 0 N–H and O–H groups in total. The van der Waals surface area contributed by atoms with Gasteiger partial charge < -0.3 is 4.57 Å². The predicted molar refractivity (Wildman–Crippen MR) is 191 cm³/mol. The Hall–Kier alpha value is -6.26. The Balaban J connectivity index is 1.29. The Kier molecular flexibility index (Phi) is 5.25. The van der Waals surface area contributed by atoms with Crippen LogP contribution in [0.25, 0.3) is 88.1 Å². The van der Waals surface area contributed by atoms with Crippen LogP contribution in [0.3, 0.4) is 0 Å². The summed E-state index contributed by atoms with van der Waals surface area (Å²) < 4.78 is 4.53. The van der Waals surface area contributed by atoms with Gasteiger partial charge in [-0.25, -0.2) is 9.97 Å². The Labute approximate surface area is 264 Å². The van der Waals surface area contributed by atoms with Gasteiger partial charge in [-0.05, 0) is 51.2 Å². The molecule has 10 rings (SSSR count). The third-order valence-corrected chi connectivity index (χ3v) is 9.38. The highest BCUT2D eigenvalue weighted by Gasteiger charge is 2.21. The minimum absolute atomic E-state index is 0.688. The van der Waals surface area contributed by atoms with Crippen LogP contribution in [-0.4, -0.2) is 18.9 Å². The van der Waals surface area contributed by atoms with E-state index in [1.165, 1.54) is 54.1 Å². The lowest BCUT2D eigenvalue weighted by molar-refractivity contribution is 1.11. The number of benzene rings is 7. The first-order valence-corrected chi connectivity index (χ1v) is 15.6. The van der Waals surface area contributed by atoms with Crippen LogP contribution in [0, 0.1) is 0 Å². The first kappa shape index (κ1) is 25.1. The van der Waals surface area contributed by atoms with Crippen LogP contribution < -0.4 is 0 Å². The fourth-order valence-corrected chi connectivity index (χ4v) is 7.43. The molecule has 0 aliphatic carbocycles. The van der Waals surface area contributed by atoms with Gasteiger partial charge in [0, 0.05) is 45.4 Å². The van der Waals surface area contributed by atoms with Gasteiger partial charge in [-0.1, -0.05) is 121 Å². The zero-order valence-electron chi connectivity index (χ0n) is 24.8. The lowest BCUT2D eigenvalue weighted by Crippen LogP contribution is -1.96. The second kappa shape index (κ2) is 9.62. The molecule has 10 aromatic rings. The van der Waals surface area contributed by atoms with Gasteiger partial charge in [0.25, 0.3) is 0 Å². The minimum Gasteiger partial charge on any atom is -0.309 e. The molecule has 0 saturated carbocycles. The minimum atomic E-state index is 0.688. The second-order valence-electron chi connectivity index (χ2n) is 11.8. The third kappa shape index (κ3) is 3.49. The van der Waals surface area contributed by atoms with E-state index in [1.54, 1.807) is 6.20 Å². The highest BCUT2D eigenvalue weighted by Crippen LogP contribution is 2.44. The van der Waals surface area contributed by atoms with Gasteiger partial charge in [0.05, 0.1) is 22.4 Å². The van der Waals surface area contributed by atoms with Gasteiger partial charge in [0.2, 0.25) is 5.78 Å². The smallest absolute Gasteiger partial charge is 0.234 e. The van der Waals surface area contributed by atoms with Crippen molar-refractivity contribution >= 4 is 59.9 Å². The van der Waals surface area contributed by atoms with E-state index in [0.29, 0.717) is 5.78 Å². The number of imidazole rings is 1. The van der Waals surface area contributed by atoms with Crippen LogP contribution in [0.15, 0.2) is 158 Å². The monoisotopic (exact) mass is 586 g/mol. The number of rotatable bonds is 3. The summed E-state index contributed by atoms with van der Waals surface area (Å²) in [4.78, 5) is 9.57. The van der Waals surface area contributed by atoms with Gasteiger partial charge in [-0.3, -0.25) is 4.40 Å². The van der Waals surface area contributed by atoms with E-state index in [-0.39, 0.29) is 0 Å². The Bertz CT molecular complexity index is 2790. The van der Waals surface area contributed by atoms with Crippen molar-refractivity contribution in [1.82, 2.24) is 18.9 Å². The molecule has 0 saturated heterocycles. The lowest BCUT2D eigenvalue weighted by atomic mass is 9.93. The molecule has 0 bridgehead atoms. The van der Waals surface area contributed by atoms with Crippen LogP contribution in [-0.2, 0) is 0 Å². The lowest BCUT2D eigenvalue weighted by Gasteiger charge is -2.14.